The van der Waals surface area contributed by atoms with Crippen LogP contribution in [-0.2, 0) is 16.0 Å². The van der Waals surface area contributed by atoms with Gasteiger partial charge in [0.25, 0.3) is 0 Å². The maximum absolute atomic E-state index is 11.5. The first-order valence-electron chi connectivity index (χ1n) is 7.89. The van der Waals surface area contributed by atoms with E-state index in [0.717, 1.165) is 12.2 Å². The molecular weight excluding hydrogens is 322 g/mol. The van der Waals surface area contributed by atoms with Crippen LogP contribution in [0.15, 0.2) is 47.4 Å². The Morgan fingerprint density at radius 2 is 2.00 bits per heavy atom. The minimum atomic E-state index is -0.119. The van der Waals surface area contributed by atoms with E-state index < -0.39 is 0 Å². The molecule has 0 spiro atoms. The fraction of sp³-hybridized carbons (Fsp3) is 0.316. The normalized spacial score (nSPS) is 15.7. The molecule has 2 aromatic carbocycles. The van der Waals surface area contributed by atoms with Gasteiger partial charge in [-0.25, -0.2) is 0 Å². The van der Waals surface area contributed by atoms with Crippen LogP contribution >= 0.6 is 11.8 Å². The van der Waals surface area contributed by atoms with Gasteiger partial charge in [0.15, 0.2) is 0 Å². The Labute approximate surface area is 146 Å². The number of benzene rings is 2. The summed E-state index contributed by atoms with van der Waals surface area (Å²) in [5.41, 5.74) is 3.58. The number of fused-ring (bicyclic) bond motifs is 1. The second-order valence-electron chi connectivity index (χ2n) is 5.73. The molecule has 0 aromatic heterocycles. The summed E-state index contributed by atoms with van der Waals surface area (Å²) in [6.07, 6.45) is 2.86. The van der Waals surface area contributed by atoms with Crippen LogP contribution in [0.5, 0.6) is 5.75 Å². The predicted octanol–water partition coefficient (Wildman–Crippen LogP) is 3.14. The Balaban J connectivity index is 1.66. The molecule has 5 heteroatoms. The quantitative estimate of drug-likeness (QED) is 0.819. The van der Waals surface area contributed by atoms with Gasteiger partial charge < -0.3 is 14.8 Å². The highest BCUT2D eigenvalue weighted by atomic mass is 32.2. The van der Waals surface area contributed by atoms with Gasteiger partial charge in [0.05, 0.1) is 6.54 Å². The van der Waals surface area contributed by atoms with Crippen molar-refractivity contribution in [2.75, 3.05) is 26.5 Å². The number of hydrogen-bond acceptors (Lipinski definition) is 4. The molecule has 3 rings (SSSR count). The minimum absolute atomic E-state index is 0.0186. The predicted molar refractivity (Wildman–Crippen MR) is 96.7 cm³/mol. The van der Waals surface area contributed by atoms with Crippen LogP contribution in [0.3, 0.4) is 0 Å². The van der Waals surface area contributed by atoms with Gasteiger partial charge in [-0.15, -0.1) is 11.8 Å². The summed E-state index contributed by atoms with van der Waals surface area (Å²) < 4.78 is 10.7. The third kappa shape index (κ3) is 3.91. The van der Waals surface area contributed by atoms with Crippen molar-refractivity contribution >= 4 is 17.7 Å². The first kappa shape index (κ1) is 16.9. The molecule has 1 heterocycles. The third-order valence-electron chi connectivity index (χ3n) is 4.03. The highest BCUT2D eigenvalue weighted by molar-refractivity contribution is 7.98. The number of ether oxygens (including phenoxy) is 2. The maximum atomic E-state index is 11.5. The average Bonchev–Trinajstić information content (AvgIpc) is 3.02. The molecule has 0 saturated carbocycles. The SMILES string of the molecule is COCC(=O)NCC1Cc2cc(-c3ccc(SC)cc3)ccc2O1. The minimum Gasteiger partial charge on any atom is -0.488 e. The van der Waals surface area contributed by atoms with E-state index in [1.54, 1.807) is 11.8 Å². The lowest BCUT2D eigenvalue weighted by atomic mass is 10.0. The van der Waals surface area contributed by atoms with Crippen LogP contribution < -0.4 is 10.1 Å². The van der Waals surface area contributed by atoms with Gasteiger partial charge in [0, 0.05) is 18.4 Å². The molecule has 0 saturated heterocycles. The fourth-order valence-corrected chi connectivity index (χ4v) is 3.22. The lowest BCUT2D eigenvalue weighted by Gasteiger charge is -2.11. The molecule has 0 aliphatic carbocycles. The van der Waals surface area contributed by atoms with Crippen molar-refractivity contribution in [3.8, 4) is 16.9 Å². The molecule has 0 bridgehead atoms. The molecule has 24 heavy (non-hydrogen) atoms. The monoisotopic (exact) mass is 343 g/mol. The van der Waals surface area contributed by atoms with Gasteiger partial charge in [-0.2, -0.15) is 0 Å². The van der Waals surface area contributed by atoms with Gasteiger partial charge in [-0.1, -0.05) is 18.2 Å². The molecule has 1 aliphatic rings. The molecule has 4 nitrogen and oxygen atoms in total. The number of amides is 1. The van der Waals surface area contributed by atoms with Gasteiger partial charge in [-0.3, -0.25) is 4.79 Å². The largest absolute Gasteiger partial charge is 0.488 e. The third-order valence-corrected chi connectivity index (χ3v) is 4.77. The van der Waals surface area contributed by atoms with Crippen molar-refractivity contribution in [1.82, 2.24) is 5.32 Å². The van der Waals surface area contributed by atoms with Crippen molar-refractivity contribution in [3.63, 3.8) is 0 Å². The van der Waals surface area contributed by atoms with E-state index in [-0.39, 0.29) is 18.6 Å². The zero-order chi connectivity index (χ0) is 16.9. The molecule has 2 aromatic rings. The van der Waals surface area contributed by atoms with Crippen molar-refractivity contribution in [2.24, 2.45) is 0 Å². The zero-order valence-corrected chi connectivity index (χ0v) is 14.7. The number of carbonyl (C=O) groups excluding carboxylic acids is 1. The highest BCUT2D eigenvalue weighted by Gasteiger charge is 2.23. The Morgan fingerprint density at radius 1 is 1.25 bits per heavy atom. The number of nitrogens with one attached hydrogen (secondary N) is 1. The van der Waals surface area contributed by atoms with E-state index in [1.807, 2.05) is 6.07 Å². The van der Waals surface area contributed by atoms with Crippen LogP contribution in [0, 0.1) is 0 Å². The van der Waals surface area contributed by atoms with Crippen molar-refractivity contribution in [3.05, 3.63) is 48.0 Å². The molecule has 1 N–H and O–H groups in total. The Hall–Kier alpha value is -1.98. The number of hydrogen-bond donors (Lipinski definition) is 1. The summed E-state index contributed by atoms with van der Waals surface area (Å²) >= 11 is 1.74. The number of carbonyl (C=O) groups is 1. The summed E-state index contributed by atoms with van der Waals surface area (Å²) in [4.78, 5) is 12.7. The first-order chi connectivity index (χ1) is 11.7. The van der Waals surface area contributed by atoms with E-state index in [2.05, 4.69) is 48.0 Å². The van der Waals surface area contributed by atoms with Crippen molar-refractivity contribution in [1.29, 1.82) is 0 Å². The van der Waals surface area contributed by atoms with Crippen molar-refractivity contribution < 1.29 is 14.3 Å². The number of methoxy groups -OCH3 is 1. The van der Waals surface area contributed by atoms with E-state index in [1.165, 1.54) is 28.7 Å². The van der Waals surface area contributed by atoms with Crippen LogP contribution in [0.25, 0.3) is 11.1 Å². The van der Waals surface area contributed by atoms with Gasteiger partial charge in [-0.05, 0) is 47.2 Å². The maximum Gasteiger partial charge on any atom is 0.246 e. The van der Waals surface area contributed by atoms with Gasteiger partial charge in [0.1, 0.15) is 18.5 Å². The second-order valence-corrected chi connectivity index (χ2v) is 6.61. The zero-order valence-electron chi connectivity index (χ0n) is 13.9. The van der Waals surface area contributed by atoms with E-state index in [4.69, 9.17) is 9.47 Å². The smallest absolute Gasteiger partial charge is 0.246 e. The highest BCUT2D eigenvalue weighted by Crippen LogP contribution is 2.33. The number of thioether (sulfide) groups is 1. The van der Waals surface area contributed by atoms with Crippen LogP contribution in [0.1, 0.15) is 5.56 Å². The summed E-state index contributed by atoms with van der Waals surface area (Å²) in [7, 11) is 1.51. The fourth-order valence-electron chi connectivity index (χ4n) is 2.81. The van der Waals surface area contributed by atoms with E-state index >= 15 is 0 Å². The van der Waals surface area contributed by atoms with Gasteiger partial charge >= 0.3 is 0 Å². The molecule has 0 fully saturated rings. The molecule has 1 amide bonds. The summed E-state index contributed by atoms with van der Waals surface area (Å²) in [6, 6.07) is 14.8. The van der Waals surface area contributed by atoms with Crippen LogP contribution in [0.4, 0.5) is 0 Å². The second kappa shape index (κ2) is 7.73. The van der Waals surface area contributed by atoms with Crippen LogP contribution in [0.2, 0.25) is 0 Å². The lowest BCUT2D eigenvalue weighted by Crippen LogP contribution is -2.36. The average molecular weight is 343 g/mol. The summed E-state index contributed by atoms with van der Waals surface area (Å²) in [5.74, 6) is 0.789. The van der Waals surface area contributed by atoms with Gasteiger partial charge in [0.2, 0.25) is 5.91 Å². The molecular formula is C19H21NO3S. The number of rotatable bonds is 6. The molecule has 1 aliphatic heterocycles. The molecule has 1 atom stereocenters. The standard InChI is InChI=1S/C19H21NO3S/c1-22-12-19(21)20-11-16-10-15-9-14(5-8-18(15)23-16)13-3-6-17(24-2)7-4-13/h3-9,16H,10-12H2,1-2H3,(H,20,21). The van der Waals surface area contributed by atoms with E-state index in [9.17, 15) is 4.79 Å². The molecule has 0 radical (unpaired) electrons. The molecule has 126 valence electrons. The Morgan fingerprint density at radius 3 is 2.71 bits per heavy atom. The Kier molecular flexibility index (Phi) is 5.43. The van der Waals surface area contributed by atoms with Crippen molar-refractivity contribution in [2.45, 2.75) is 17.4 Å². The summed E-state index contributed by atoms with van der Waals surface area (Å²) in [6.45, 7) is 0.574. The summed E-state index contributed by atoms with van der Waals surface area (Å²) in [5, 5.41) is 2.83. The lowest BCUT2D eigenvalue weighted by molar-refractivity contribution is -0.125. The first-order valence-corrected chi connectivity index (χ1v) is 9.11. The topological polar surface area (TPSA) is 47.6 Å². The Bertz CT molecular complexity index is 715. The van der Waals surface area contributed by atoms with E-state index in [0.29, 0.717) is 6.54 Å². The van der Waals surface area contributed by atoms with Crippen LogP contribution in [-0.4, -0.2) is 38.5 Å². The molecule has 1 unspecified atom stereocenters.